The van der Waals surface area contributed by atoms with Crippen LogP contribution >= 0.6 is 0 Å². The average Bonchev–Trinajstić information content (AvgIpc) is 3.56. The molecule has 1 nitrogen and oxygen atoms in total. The van der Waals surface area contributed by atoms with E-state index in [1.54, 1.807) is 12.8 Å². The predicted molar refractivity (Wildman–Crippen MR) is 147 cm³/mol. The van der Waals surface area contributed by atoms with E-state index in [1.165, 1.54) is 141 Å². The lowest BCUT2D eigenvalue weighted by molar-refractivity contribution is 0.219. The molecule has 1 aliphatic carbocycles. The van der Waals surface area contributed by atoms with Crippen molar-refractivity contribution >= 4 is 0 Å². The SMILES string of the molecule is CCCCCCCCCCC1CC1CCCCCC(CCCCCCCCC)N(C)CC. The van der Waals surface area contributed by atoms with Crippen molar-refractivity contribution in [1.29, 1.82) is 0 Å². The predicted octanol–water partition coefficient (Wildman–Crippen LogP) is 10.6. The van der Waals surface area contributed by atoms with Crippen LogP contribution in [0.15, 0.2) is 0 Å². The van der Waals surface area contributed by atoms with Gasteiger partial charge in [0.25, 0.3) is 0 Å². The van der Waals surface area contributed by atoms with Crippen LogP contribution in [-0.4, -0.2) is 24.5 Å². The van der Waals surface area contributed by atoms with E-state index in [-0.39, 0.29) is 0 Å². The Morgan fingerprint density at radius 1 is 0.531 bits per heavy atom. The first-order chi connectivity index (χ1) is 15.7. The Hall–Kier alpha value is -0.0400. The van der Waals surface area contributed by atoms with Gasteiger partial charge in [-0.15, -0.1) is 0 Å². The molecule has 0 spiro atoms. The highest BCUT2D eigenvalue weighted by Crippen LogP contribution is 2.45. The van der Waals surface area contributed by atoms with Crippen LogP contribution in [0.2, 0.25) is 0 Å². The van der Waals surface area contributed by atoms with Gasteiger partial charge in [0.2, 0.25) is 0 Å². The fraction of sp³-hybridized carbons (Fsp3) is 1.00. The first-order valence-electron chi connectivity index (χ1n) is 15.4. The summed E-state index contributed by atoms with van der Waals surface area (Å²) in [5, 5.41) is 0. The molecule has 1 fully saturated rings. The third kappa shape index (κ3) is 16.6. The smallest absolute Gasteiger partial charge is 0.00920 e. The molecule has 0 N–H and O–H groups in total. The van der Waals surface area contributed by atoms with E-state index < -0.39 is 0 Å². The zero-order chi connectivity index (χ0) is 23.3. The second-order valence-electron chi connectivity index (χ2n) is 11.3. The van der Waals surface area contributed by atoms with Gasteiger partial charge in [-0.2, -0.15) is 0 Å². The minimum Gasteiger partial charge on any atom is -0.304 e. The molecule has 3 unspecified atom stereocenters. The first kappa shape index (κ1) is 30.0. The number of hydrogen-bond donors (Lipinski definition) is 0. The summed E-state index contributed by atoms with van der Waals surface area (Å²) in [4.78, 5) is 2.62. The molecule has 0 aromatic carbocycles. The van der Waals surface area contributed by atoms with E-state index in [2.05, 4.69) is 32.7 Å². The molecule has 0 aromatic rings. The van der Waals surface area contributed by atoms with E-state index in [0.717, 1.165) is 17.9 Å². The molecule has 1 saturated carbocycles. The molecule has 0 aliphatic heterocycles. The van der Waals surface area contributed by atoms with Crippen molar-refractivity contribution in [2.24, 2.45) is 11.8 Å². The number of rotatable bonds is 25. The van der Waals surface area contributed by atoms with Crippen LogP contribution in [0.25, 0.3) is 0 Å². The van der Waals surface area contributed by atoms with Crippen molar-refractivity contribution in [2.75, 3.05) is 13.6 Å². The summed E-state index contributed by atoms with van der Waals surface area (Å²) in [5.74, 6) is 2.23. The van der Waals surface area contributed by atoms with E-state index in [4.69, 9.17) is 0 Å². The molecule has 1 heteroatoms. The molecule has 1 aliphatic rings. The van der Waals surface area contributed by atoms with Gasteiger partial charge in [-0.25, -0.2) is 0 Å². The van der Waals surface area contributed by atoms with Crippen LogP contribution in [0.4, 0.5) is 0 Å². The monoisotopic (exact) mass is 449 g/mol. The van der Waals surface area contributed by atoms with Crippen molar-refractivity contribution in [3.05, 3.63) is 0 Å². The molecule has 0 amide bonds. The Kier molecular flexibility index (Phi) is 20.1. The topological polar surface area (TPSA) is 3.24 Å². The fourth-order valence-corrected chi connectivity index (χ4v) is 5.70. The van der Waals surface area contributed by atoms with E-state index in [0.29, 0.717) is 0 Å². The highest BCUT2D eigenvalue weighted by atomic mass is 15.1. The molecule has 0 aromatic heterocycles. The molecule has 0 saturated heterocycles. The first-order valence-corrected chi connectivity index (χ1v) is 15.4. The summed E-state index contributed by atoms with van der Waals surface area (Å²) in [5.41, 5.74) is 0. The van der Waals surface area contributed by atoms with Gasteiger partial charge in [0.05, 0.1) is 0 Å². The maximum absolute atomic E-state index is 2.62. The van der Waals surface area contributed by atoms with Crippen LogP contribution < -0.4 is 0 Å². The van der Waals surface area contributed by atoms with Crippen molar-refractivity contribution in [3.8, 4) is 0 Å². The van der Waals surface area contributed by atoms with Gasteiger partial charge in [-0.1, -0.05) is 149 Å². The summed E-state index contributed by atoms with van der Waals surface area (Å²) in [6.07, 6.45) is 33.8. The molecule has 1 rings (SSSR count). The minimum atomic E-state index is 0.839. The largest absolute Gasteiger partial charge is 0.304 e. The van der Waals surface area contributed by atoms with E-state index >= 15 is 0 Å². The van der Waals surface area contributed by atoms with Crippen molar-refractivity contribution in [1.82, 2.24) is 4.90 Å². The summed E-state index contributed by atoms with van der Waals surface area (Å²) in [6.45, 7) is 8.17. The van der Waals surface area contributed by atoms with Crippen LogP contribution in [0.3, 0.4) is 0 Å². The van der Waals surface area contributed by atoms with Crippen molar-refractivity contribution < 1.29 is 0 Å². The Morgan fingerprint density at radius 2 is 0.906 bits per heavy atom. The molecule has 0 heterocycles. The summed E-state index contributed by atoms with van der Waals surface area (Å²) < 4.78 is 0. The number of nitrogens with zero attached hydrogens (tertiary/aromatic N) is 1. The molecule has 192 valence electrons. The Morgan fingerprint density at radius 3 is 1.34 bits per heavy atom. The van der Waals surface area contributed by atoms with Gasteiger partial charge in [-0.05, 0) is 44.7 Å². The summed E-state index contributed by atoms with van der Waals surface area (Å²) in [7, 11) is 2.35. The molecule has 0 radical (unpaired) electrons. The standard InChI is InChI=1S/C31H63N/c1-5-8-10-12-14-16-17-20-24-29-28-30(29)25-21-19-23-27-31(32(4)7-3)26-22-18-15-13-11-9-6-2/h29-31H,5-28H2,1-4H3. The highest BCUT2D eigenvalue weighted by Gasteiger charge is 2.35. The summed E-state index contributed by atoms with van der Waals surface area (Å²) in [6, 6.07) is 0.839. The highest BCUT2D eigenvalue weighted by molar-refractivity contribution is 4.85. The summed E-state index contributed by atoms with van der Waals surface area (Å²) >= 11 is 0. The number of unbranched alkanes of at least 4 members (excludes halogenated alkanes) is 15. The molecule has 32 heavy (non-hydrogen) atoms. The zero-order valence-electron chi connectivity index (χ0n) is 23.1. The third-order valence-electron chi connectivity index (χ3n) is 8.37. The van der Waals surface area contributed by atoms with E-state index in [1.807, 2.05) is 0 Å². The maximum Gasteiger partial charge on any atom is 0.00920 e. The van der Waals surface area contributed by atoms with Gasteiger partial charge in [0.15, 0.2) is 0 Å². The van der Waals surface area contributed by atoms with E-state index in [9.17, 15) is 0 Å². The Labute approximate surface area is 204 Å². The van der Waals surface area contributed by atoms with Crippen molar-refractivity contribution in [3.63, 3.8) is 0 Å². The fourth-order valence-electron chi connectivity index (χ4n) is 5.70. The van der Waals surface area contributed by atoms with Crippen LogP contribution in [0.1, 0.15) is 168 Å². The van der Waals surface area contributed by atoms with Crippen LogP contribution in [0, 0.1) is 11.8 Å². The maximum atomic E-state index is 2.62. The second kappa shape index (κ2) is 21.5. The second-order valence-corrected chi connectivity index (χ2v) is 11.3. The number of hydrogen-bond acceptors (Lipinski definition) is 1. The van der Waals surface area contributed by atoms with Crippen LogP contribution in [-0.2, 0) is 0 Å². The lowest BCUT2D eigenvalue weighted by Gasteiger charge is -2.27. The van der Waals surface area contributed by atoms with Crippen molar-refractivity contribution in [2.45, 2.75) is 174 Å². The van der Waals surface area contributed by atoms with Gasteiger partial charge in [-0.3, -0.25) is 0 Å². The van der Waals surface area contributed by atoms with Gasteiger partial charge in [0.1, 0.15) is 0 Å². The molecule has 0 bridgehead atoms. The van der Waals surface area contributed by atoms with Gasteiger partial charge >= 0.3 is 0 Å². The third-order valence-corrected chi connectivity index (χ3v) is 8.37. The van der Waals surface area contributed by atoms with Gasteiger partial charge < -0.3 is 4.90 Å². The average molecular weight is 450 g/mol. The zero-order valence-corrected chi connectivity index (χ0v) is 23.1. The Bertz CT molecular complexity index is 379. The lowest BCUT2D eigenvalue weighted by atomic mass is 9.98. The molecular formula is C31H63N. The van der Waals surface area contributed by atoms with Gasteiger partial charge in [0, 0.05) is 6.04 Å². The Balaban J connectivity index is 1.95. The van der Waals surface area contributed by atoms with Crippen LogP contribution in [0.5, 0.6) is 0 Å². The molecule has 3 atom stereocenters. The molecular weight excluding hydrogens is 386 g/mol. The normalized spacial score (nSPS) is 19.0. The lowest BCUT2D eigenvalue weighted by Crippen LogP contribution is -2.31. The minimum absolute atomic E-state index is 0.839. The quantitative estimate of drug-likeness (QED) is 0.125.